The number of fused-ring (bicyclic) bond motifs is 1. The number of aromatic nitrogens is 3. The summed E-state index contributed by atoms with van der Waals surface area (Å²) >= 11 is 2.10. The van der Waals surface area contributed by atoms with Crippen LogP contribution in [0.1, 0.15) is 81.2 Å². The van der Waals surface area contributed by atoms with Gasteiger partial charge in [0, 0.05) is 78.3 Å². The molecule has 6 rings (SSSR count). The van der Waals surface area contributed by atoms with E-state index in [0.717, 1.165) is 42.4 Å². The zero-order chi connectivity index (χ0) is 41.9. The maximum absolute atomic E-state index is 16.1. The molecule has 2 aromatic heterocycles. The summed E-state index contributed by atoms with van der Waals surface area (Å²) < 4.78 is 52.3. The van der Waals surface area contributed by atoms with E-state index in [0.29, 0.717) is 35.2 Å². The minimum atomic E-state index is -0.682. The van der Waals surface area contributed by atoms with Crippen molar-refractivity contribution < 1.29 is 37.7 Å². The fourth-order valence-corrected chi connectivity index (χ4v) is 8.36. The molecule has 6 aromatic rings. The summed E-state index contributed by atoms with van der Waals surface area (Å²) in [6.07, 6.45) is 7.48. The molecular weight excluding hydrogens is 887 g/mol. The number of ether oxygens (including phenoxy) is 3. The molecule has 0 saturated carbocycles. The van der Waals surface area contributed by atoms with Crippen LogP contribution in [0.25, 0.3) is 22.2 Å². The van der Waals surface area contributed by atoms with Crippen LogP contribution in [0.4, 0.5) is 8.78 Å². The number of halogens is 3. The normalized spacial score (nSPS) is 12.1. The summed E-state index contributed by atoms with van der Waals surface area (Å²) in [6.45, 7) is 6.37. The van der Waals surface area contributed by atoms with Crippen molar-refractivity contribution in [2.75, 3.05) is 13.2 Å². The first-order chi connectivity index (χ1) is 28.5. The summed E-state index contributed by atoms with van der Waals surface area (Å²) in [6, 6.07) is 26.2. The largest absolute Gasteiger partial charge is 0.466 e. The lowest BCUT2D eigenvalue weighted by atomic mass is 9.87. The van der Waals surface area contributed by atoms with Gasteiger partial charge in [-0.2, -0.15) is 5.10 Å². The van der Waals surface area contributed by atoms with E-state index < -0.39 is 17.6 Å². The molecule has 1 atom stereocenters. The zero-order valence-corrected chi connectivity index (χ0v) is 36.3. The van der Waals surface area contributed by atoms with Crippen molar-refractivity contribution in [2.45, 2.75) is 78.4 Å². The average Bonchev–Trinajstić information content (AvgIpc) is 3.89. The van der Waals surface area contributed by atoms with Gasteiger partial charge < -0.3 is 19.3 Å². The fourth-order valence-electron chi connectivity index (χ4n) is 7.00. The molecule has 310 valence electrons. The number of hydrogen-bond donors (Lipinski definition) is 1. The van der Waals surface area contributed by atoms with Crippen LogP contribution in [-0.2, 0) is 38.5 Å². The lowest BCUT2D eigenvalue weighted by Gasteiger charge is -2.23. The van der Waals surface area contributed by atoms with Gasteiger partial charge in [-0.25, -0.2) is 8.78 Å². The van der Waals surface area contributed by atoms with E-state index in [1.54, 1.807) is 29.2 Å². The first-order valence-corrected chi connectivity index (χ1v) is 23.0. The quantitative estimate of drug-likeness (QED) is 0.0458. The van der Waals surface area contributed by atoms with Gasteiger partial charge in [0.25, 0.3) is 0 Å². The van der Waals surface area contributed by atoms with Crippen LogP contribution in [0, 0.1) is 17.0 Å². The summed E-state index contributed by atoms with van der Waals surface area (Å²) in [5.41, 5.74) is 4.02. The highest BCUT2D eigenvalue weighted by atomic mass is 127. The summed E-state index contributed by atoms with van der Waals surface area (Å²) in [7, 11) is 1.36. The number of carbonyl (C=O) groups is 2. The second-order valence-corrected chi connectivity index (χ2v) is 16.9. The monoisotopic (exact) mass is 935 g/mol. The number of benzene rings is 4. The van der Waals surface area contributed by atoms with E-state index in [-0.39, 0.29) is 60.5 Å². The van der Waals surface area contributed by atoms with Crippen LogP contribution < -0.4 is 4.74 Å². The van der Waals surface area contributed by atoms with Gasteiger partial charge in [0.1, 0.15) is 18.2 Å². The van der Waals surface area contributed by atoms with Crippen LogP contribution in [0.5, 0.6) is 11.5 Å². The van der Waals surface area contributed by atoms with Gasteiger partial charge in [-0.05, 0) is 78.6 Å². The summed E-state index contributed by atoms with van der Waals surface area (Å²) in [4.78, 5) is 25.3. The Labute approximate surface area is 359 Å². The molecule has 0 aliphatic carbocycles. The van der Waals surface area contributed by atoms with Crippen molar-refractivity contribution >= 4 is 53.2 Å². The molecule has 0 bridgehead atoms. The Hall–Kier alpha value is -4.73. The van der Waals surface area contributed by atoms with Crippen molar-refractivity contribution in [1.29, 1.82) is 0 Å². The third-order valence-corrected chi connectivity index (χ3v) is 12.0. The molecule has 2 heterocycles. The predicted molar refractivity (Wildman–Crippen MR) is 235 cm³/mol. The SMILES string of the molecule is CCOC(=O)CCc1cccc(C(CCCCC(C)(C)CO)n2ccc(-c3cc(Oc4c(F)cc5c(ccn5SI)c4CC(=O)OCc4ccccc4)ccc3F)n2)c1. The topological polar surface area (TPSA) is 105 Å². The van der Waals surface area contributed by atoms with Crippen molar-refractivity contribution in [2.24, 2.45) is 5.41 Å². The number of esters is 2. The van der Waals surface area contributed by atoms with Crippen molar-refractivity contribution in [3.8, 4) is 22.8 Å². The Bertz CT molecular complexity index is 2370. The number of rotatable bonds is 20. The molecular formula is C46H48F2IN3O6S. The molecule has 0 spiro atoms. The Kier molecular flexibility index (Phi) is 15.2. The second-order valence-electron chi connectivity index (χ2n) is 15.2. The third kappa shape index (κ3) is 11.5. The number of hydrogen-bond acceptors (Lipinski definition) is 8. The predicted octanol–water partition coefficient (Wildman–Crippen LogP) is 11.4. The highest BCUT2D eigenvalue weighted by molar-refractivity contribution is 14.2. The number of aliphatic hydroxyl groups excluding tert-OH is 1. The highest BCUT2D eigenvalue weighted by Gasteiger charge is 2.24. The zero-order valence-electron chi connectivity index (χ0n) is 33.3. The molecule has 4 aromatic carbocycles. The third-order valence-electron chi connectivity index (χ3n) is 10.2. The Morgan fingerprint density at radius 2 is 1.69 bits per heavy atom. The molecule has 13 heteroatoms. The van der Waals surface area contributed by atoms with Crippen LogP contribution in [-0.4, -0.2) is 44.0 Å². The molecule has 0 radical (unpaired) electrons. The van der Waals surface area contributed by atoms with Gasteiger partial charge in [-0.1, -0.05) is 81.3 Å². The number of aryl methyl sites for hydroxylation is 1. The second kappa shape index (κ2) is 20.5. The van der Waals surface area contributed by atoms with E-state index in [1.165, 1.54) is 33.4 Å². The van der Waals surface area contributed by atoms with Crippen LogP contribution in [0.3, 0.4) is 0 Å². The Balaban J connectivity index is 1.28. The smallest absolute Gasteiger partial charge is 0.310 e. The van der Waals surface area contributed by atoms with E-state index >= 15 is 8.78 Å². The van der Waals surface area contributed by atoms with E-state index in [2.05, 4.69) is 27.3 Å². The van der Waals surface area contributed by atoms with Gasteiger partial charge in [0.15, 0.2) is 11.6 Å². The molecule has 0 aliphatic heterocycles. The van der Waals surface area contributed by atoms with E-state index in [9.17, 15) is 14.7 Å². The average molecular weight is 936 g/mol. The number of aliphatic hydroxyl groups is 1. The Morgan fingerprint density at radius 3 is 2.46 bits per heavy atom. The molecule has 1 N–H and O–H groups in total. The molecule has 1 unspecified atom stereocenters. The van der Waals surface area contributed by atoms with Gasteiger partial charge >= 0.3 is 11.9 Å². The number of carbonyl (C=O) groups excluding carboxylic acids is 2. The maximum Gasteiger partial charge on any atom is 0.310 e. The number of unbranched alkanes of at least 4 members (excludes halogenated alkanes) is 1. The van der Waals surface area contributed by atoms with Crippen LogP contribution in [0.2, 0.25) is 0 Å². The van der Waals surface area contributed by atoms with Crippen molar-refractivity contribution in [1.82, 2.24) is 13.8 Å². The van der Waals surface area contributed by atoms with Crippen molar-refractivity contribution in [3.05, 3.63) is 137 Å². The van der Waals surface area contributed by atoms with Gasteiger partial charge in [0.05, 0.1) is 30.3 Å². The highest BCUT2D eigenvalue weighted by Crippen LogP contribution is 2.39. The van der Waals surface area contributed by atoms with Crippen molar-refractivity contribution in [3.63, 3.8) is 0 Å². The van der Waals surface area contributed by atoms with E-state index in [1.807, 2.05) is 73.3 Å². The minimum Gasteiger partial charge on any atom is -0.466 e. The molecule has 9 nitrogen and oxygen atoms in total. The fraction of sp³-hybridized carbons (Fsp3) is 0.326. The lowest BCUT2D eigenvalue weighted by Crippen LogP contribution is -2.17. The molecule has 59 heavy (non-hydrogen) atoms. The van der Waals surface area contributed by atoms with Gasteiger partial charge in [0.2, 0.25) is 0 Å². The maximum atomic E-state index is 16.1. The van der Waals surface area contributed by atoms with Crippen LogP contribution >= 0.6 is 30.3 Å². The minimum absolute atomic E-state index is 0.0660. The molecule has 0 fully saturated rings. The number of nitrogens with zero attached hydrogens (tertiary/aromatic N) is 3. The molecule has 0 amide bonds. The molecule has 0 aliphatic rings. The van der Waals surface area contributed by atoms with Crippen LogP contribution in [0.15, 0.2) is 103 Å². The summed E-state index contributed by atoms with van der Waals surface area (Å²) in [5, 5.41) is 15.3. The van der Waals surface area contributed by atoms with E-state index in [4.69, 9.17) is 19.3 Å². The summed E-state index contributed by atoms with van der Waals surface area (Å²) in [5.74, 6) is -2.01. The lowest BCUT2D eigenvalue weighted by molar-refractivity contribution is -0.144. The Morgan fingerprint density at radius 1 is 0.898 bits per heavy atom. The first-order valence-electron chi connectivity index (χ1n) is 19.7. The first kappa shape index (κ1) is 43.8. The molecule has 0 saturated heterocycles. The van der Waals surface area contributed by atoms with Gasteiger partial charge in [-0.3, -0.25) is 18.2 Å². The standard InChI is InChI=1S/C46H48F2IN3O6S/c1-4-56-43(54)19-16-31-13-10-14-33(25-31)41(15-8-9-22-46(2,3)30-53)51-23-21-40(50-51)37-26-34(17-18-38(37)47)58-45-36(27-44(55)57-29-32-11-6-5-7-12-32)35-20-24-52(59-49)42(35)28-39(45)48/h5-7,10-14,17-18,20-21,23-26,28,41,53H,4,8-9,15-16,19,22,27,29-30H2,1-3H3. The van der Waals surface area contributed by atoms with Gasteiger partial charge in [-0.15, -0.1) is 0 Å².